The van der Waals surface area contributed by atoms with Gasteiger partial charge in [-0.3, -0.25) is 15.0 Å². The molecule has 4 rings (SSSR count). The average Bonchev–Trinajstić information content (AvgIpc) is 2.74. The average molecular weight is 409 g/mol. The minimum atomic E-state index is -0.589. The summed E-state index contributed by atoms with van der Waals surface area (Å²) in [5.41, 5.74) is 2.77. The quantitative estimate of drug-likeness (QED) is 0.718. The van der Waals surface area contributed by atoms with E-state index < -0.39 is 6.03 Å². The Morgan fingerprint density at radius 3 is 2.53 bits per heavy atom. The van der Waals surface area contributed by atoms with Crippen LogP contribution >= 0.6 is 0 Å². The molecule has 0 aromatic heterocycles. The second-order valence-electron chi connectivity index (χ2n) is 7.12. The van der Waals surface area contributed by atoms with Gasteiger partial charge >= 0.3 is 6.03 Å². The maximum absolute atomic E-state index is 12.2. The number of carbonyl (C=O) groups excluding carboxylic acids is 2. The first-order chi connectivity index (χ1) is 14.6. The van der Waals surface area contributed by atoms with Crippen molar-refractivity contribution in [2.45, 2.75) is 6.42 Å². The summed E-state index contributed by atoms with van der Waals surface area (Å²) in [5.74, 6) is 1.07. The number of anilines is 1. The van der Waals surface area contributed by atoms with Gasteiger partial charge in [-0.15, -0.1) is 0 Å². The highest BCUT2D eigenvalue weighted by Gasteiger charge is 2.18. The van der Waals surface area contributed by atoms with Gasteiger partial charge in [0.15, 0.2) is 11.5 Å². The number of nitrogens with zero attached hydrogens (tertiary/aromatic N) is 1. The summed E-state index contributed by atoms with van der Waals surface area (Å²) < 4.78 is 10.9. The summed E-state index contributed by atoms with van der Waals surface area (Å²) in [6.07, 6.45) is 2.86. The number of rotatable bonds is 4. The fraction of sp³-hybridized carbons (Fsp3) is 0.273. The molecule has 0 radical (unpaired) electrons. The van der Waals surface area contributed by atoms with E-state index in [4.69, 9.17) is 9.47 Å². The molecule has 156 valence electrons. The van der Waals surface area contributed by atoms with Gasteiger partial charge in [0.05, 0.1) is 6.54 Å². The largest absolute Gasteiger partial charge is 0.508 e. The Balaban J connectivity index is 1.25. The topological polar surface area (TPSA) is 100 Å². The lowest BCUT2D eigenvalue weighted by Crippen LogP contribution is -2.43. The van der Waals surface area contributed by atoms with Crippen LogP contribution in [0.4, 0.5) is 10.5 Å². The Kier molecular flexibility index (Phi) is 5.85. The van der Waals surface area contributed by atoms with E-state index in [9.17, 15) is 14.7 Å². The smallest absolute Gasteiger partial charge is 0.325 e. The van der Waals surface area contributed by atoms with Crippen LogP contribution in [0.2, 0.25) is 0 Å². The van der Waals surface area contributed by atoms with E-state index >= 15 is 0 Å². The lowest BCUT2D eigenvalue weighted by molar-refractivity contribution is -0.121. The molecule has 0 saturated heterocycles. The Hall–Kier alpha value is -3.52. The molecule has 3 N–H and O–H groups in total. The number of aromatic hydroxyl groups is 1. The van der Waals surface area contributed by atoms with Crippen molar-refractivity contribution in [2.75, 3.05) is 38.2 Å². The zero-order valence-corrected chi connectivity index (χ0v) is 16.4. The molecule has 2 aliphatic rings. The van der Waals surface area contributed by atoms with Gasteiger partial charge in [0.1, 0.15) is 19.0 Å². The molecule has 0 bridgehead atoms. The normalized spacial score (nSPS) is 15.8. The van der Waals surface area contributed by atoms with E-state index in [-0.39, 0.29) is 18.2 Å². The first-order valence-corrected chi connectivity index (χ1v) is 9.78. The van der Waals surface area contributed by atoms with Gasteiger partial charge in [0.2, 0.25) is 5.91 Å². The summed E-state index contributed by atoms with van der Waals surface area (Å²) in [6.45, 7) is 2.42. The van der Waals surface area contributed by atoms with Crippen molar-refractivity contribution in [3.05, 3.63) is 54.1 Å². The number of phenolic OH excluding ortho intramolecular Hbond substituents is 1. The number of urea groups is 1. The van der Waals surface area contributed by atoms with Gasteiger partial charge in [-0.2, -0.15) is 0 Å². The zero-order valence-electron chi connectivity index (χ0n) is 16.4. The fourth-order valence-electron chi connectivity index (χ4n) is 3.45. The minimum absolute atomic E-state index is 0.133. The lowest BCUT2D eigenvalue weighted by atomic mass is 9.99. The number of carbonyl (C=O) groups is 2. The molecule has 2 aliphatic heterocycles. The third kappa shape index (κ3) is 4.90. The van der Waals surface area contributed by atoms with Crippen LogP contribution in [0.3, 0.4) is 0 Å². The first kappa shape index (κ1) is 19.8. The third-order valence-electron chi connectivity index (χ3n) is 4.95. The molecule has 2 aromatic carbocycles. The van der Waals surface area contributed by atoms with E-state index in [1.807, 2.05) is 17.0 Å². The predicted molar refractivity (Wildman–Crippen MR) is 112 cm³/mol. The molecule has 0 fully saturated rings. The van der Waals surface area contributed by atoms with E-state index in [0.29, 0.717) is 43.5 Å². The molecule has 8 heteroatoms. The van der Waals surface area contributed by atoms with Crippen LogP contribution in [0, 0.1) is 0 Å². The SMILES string of the molecule is O=C(CN1CC=C(c2ccc(O)cc2)CC1)NC(=O)Nc1ccc2c(c1)OCCO2. The van der Waals surface area contributed by atoms with Crippen molar-refractivity contribution in [1.29, 1.82) is 0 Å². The second-order valence-corrected chi connectivity index (χ2v) is 7.12. The van der Waals surface area contributed by atoms with Crippen LogP contribution < -0.4 is 20.1 Å². The Labute approximate surface area is 174 Å². The molecule has 0 spiro atoms. The van der Waals surface area contributed by atoms with Crippen molar-refractivity contribution >= 4 is 23.2 Å². The number of nitrogens with one attached hydrogen (secondary N) is 2. The van der Waals surface area contributed by atoms with Crippen molar-refractivity contribution in [1.82, 2.24) is 10.2 Å². The molecule has 2 heterocycles. The van der Waals surface area contributed by atoms with Crippen LogP contribution in [-0.2, 0) is 4.79 Å². The van der Waals surface area contributed by atoms with E-state index in [0.717, 1.165) is 12.0 Å². The highest BCUT2D eigenvalue weighted by atomic mass is 16.6. The summed E-state index contributed by atoms with van der Waals surface area (Å²) >= 11 is 0. The molecule has 30 heavy (non-hydrogen) atoms. The molecule has 2 aromatic rings. The third-order valence-corrected chi connectivity index (χ3v) is 4.95. The van der Waals surface area contributed by atoms with E-state index in [2.05, 4.69) is 16.7 Å². The summed E-state index contributed by atoms with van der Waals surface area (Å²) in [4.78, 5) is 26.3. The van der Waals surface area contributed by atoms with Gasteiger partial charge in [0.25, 0.3) is 0 Å². The molecule has 0 unspecified atom stereocenters. The van der Waals surface area contributed by atoms with E-state index in [1.54, 1.807) is 30.3 Å². The molecule has 0 saturated carbocycles. The Morgan fingerprint density at radius 1 is 1.03 bits per heavy atom. The first-order valence-electron chi connectivity index (χ1n) is 9.78. The van der Waals surface area contributed by atoms with E-state index in [1.165, 1.54) is 5.57 Å². The van der Waals surface area contributed by atoms with Gasteiger partial charge in [-0.25, -0.2) is 4.79 Å². The fourth-order valence-corrected chi connectivity index (χ4v) is 3.45. The van der Waals surface area contributed by atoms with Gasteiger partial charge in [0, 0.05) is 24.8 Å². The molecule has 0 aliphatic carbocycles. The number of amides is 3. The van der Waals surface area contributed by atoms with Crippen LogP contribution in [0.5, 0.6) is 17.2 Å². The standard InChI is InChI=1S/C22H23N3O5/c26-18-4-1-15(2-5-18)16-7-9-25(10-8-16)14-21(27)24-22(28)23-17-3-6-19-20(13-17)30-12-11-29-19/h1-7,13,26H,8-12,14H2,(H2,23,24,27,28). The Morgan fingerprint density at radius 2 is 1.80 bits per heavy atom. The van der Waals surface area contributed by atoms with Crippen molar-refractivity contribution in [3.63, 3.8) is 0 Å². The van der Waals surface area contributed by atoms with Crippen LogP contribution in [0.25, 0.3) is 5.57 Å². The maximum Gasteiger partial charge on any atom is 0.325 e. The van der Waals surface area contributed by atoms with Crippen LogP contribution in [0.1, 0.15) is 12.0 Å². The number of hydrogen-bond acceptors (Lipinski definition) is 6. The second kappa shape index (κ2) is 8.87. The van der Waals surface area contributed by atoms with Crippen molar-refractivity contribution in [3.8, 4) is 17.2 Å². The molecule has 0 atom stereocenters. The highest BCUT2D eigenvalue weighted by Crippen LogP contribution is 2.32. The number of phenols is 1. The predicted octanol–water partition coefficient (Wildman–Crippen LogP) is 2.60. The number of hydrogen-bond donors (Lipinski definition) is 3. The number of imide groups is 1. The van der Waals surface area contributed by atoms with Crippen molar-refractivity contribution < 1.29 is 24.2 Å². The van der Waals surface area contributed by atoms with Crippen molar-refractivity contribution in [2.24, 2.45) is 0 Å². The van der Waals surface area contributed by atoms with Crippen LogP contribution in [-0.4, -0.2) is 54.8 Å². The van der Waals surface area contributed by atoms with Gasteiger partial charge < -0.3 is 19.9 Å². The zero-order chi connectivity index (χ0) is 20.9. The molecular weight excluding hydrogens is 386 g/mol. The Bertz CT molecular complexity index is 971. The lowest BCUT2D eigenvalue weighted by Gasteiger charge is -2.25. The molecular formula is C22H23N3O5. The summed E-state index contributed by atoms with van der Waals surface area (Å²) in [6, 6.07) is 11.6. The monoisotopic (exact) mass is 409 g/mol. The van der Waals surface area contributed by atoms with Crippen LogP contribution in [0.15, 0.2) is 48.5 Å². The number of benzene rings is 2. The number of fused-ring (bicyclic) bond motifs is 1. The highest BCUT2D eigenvalue weighted by molar-refractivity contribution is 6.01. The van der Waals surface area contributed by atoms with Gasteiger partial charge in [-0.05, 0) is 41.8 Å². The van der Waals surface area contributed by atoms with Gasteiger partial charge in [-0.1, -0.05) is 18.2 Å². The molecule has 8 nitrogen and oxygen atoms in total. The summed E-state index contributed by atoms with van der Waals surface area (Å²) in [5, 5.41) is 14.4. The number of ether oxygens (including phenoxy) is 2. The maximum atomic E-state index is 12.2. The summed E-state index contributed by atoms with van der Waals surface area (Å²) in [7, 11) is 0. The molecule has 3 amide bonds. The minimum Gasteiger partial charge on any atom is -0.508 e.